The molecule has 0 spiro atoms. The summed E-state index contributed by atoms with van der Waals surface area (Å²) in [4.78, 5) is 17.4. The first-order valence-electron chi connectivity index (χ1n) is 11.8. The van der Waals surface area contributed by atoms with Crippen LogP contribution in [0.25, 0.3) is 5.52 Å². The Morgan fingerprint density at radius 2 is 1.94 bits per heavy atom. The molecule has 2 aromatic heterocycles. The minimum absolute atomic E-state index is 0.00993. The van der Waals surface area contributed by atoms with Crippen LogP contribution in [0, 0.1) is 0 Å². The number of hydrogen-bond acceptors (Lipinski definition) is 4. The van der Waals surface area contributed by atoms with E-state index >= 15 is 0 Å². The summed E-state index contributed by atoms with van der Waals surface area (Å²) >= 11 is 0. The van der Waals surface area contributed by atoms with Crippen LogP contribution in [0.3, 0.4) is 0 Å². The lowest BCUT2D eigenvalue weighted by Gasteiger charge is -2.37. The molecule has 6 nitrogen and oxygen atoms in total. The van der Waals surface area contributed by atoms with E-state index in [9.17, 15) is 4.79 Å². The fourth-order valence-corrected chi connectivity index (χ4v) is 4.78. The molecule has 6 heteroatoms. The summed E-state index contributed by atoms with van der Waals surface area (Å²) in [6.45, 7) is 6.88. The first-order valence-corrected chi connectivity index (χ1v) is 11.8. The number of carbonyl (C=O) groups is 1. The number of unbranched alkanes of at least 4 members (excludes halogenated alkanes) is 1. The third kappa shape index (κ3) is 4.60. The Morgan fingerprint density at radius 3 is 2.81 bits per heavy atom. The molecular formula is C26H32N4O2. The Labute approximate surface area is 189 Å². The molecule has 0 radical (unpaired) electrons. The van der Waals surface area contributed by atoms with Crippen LogP contribution < -0.4 is 15.0 Å². The summed E-state index contributed by atoms with van der Waals surface area (Å²) in [7, 11) is 0. The number of rotatable bonds is 7. The van der Waals surface area contributed by atoms with E-state index in [0.29, 0.717) is 0 Å². The summed E-state index contributed by atoms with van der Waals surface area (Å²) in [6, 6.07) is 14.5. The standard InChI is InChI=1S/C26H32N4O2/c31-26(22-19-23-9-1-3-13-30(23)20-22)27-11-2-4-12-28-14-16-29(17-15-28)24-10-5-7-21-8-6-18-32-25(21)24/h1,3,5,7,9-10,13,19-20H,2,4,6,8,11-12,14-18H2,(H,27,31). The van der Waals surface area contributed by atoms with Crippen LogP contribution in [0.5, 0.6) is 5.75 Å². The van der Waals surface area contributed by atoms with Crippen molar-refractivity contribution in [2.24, 2.45) is 0 Å². The fraction of sp³-hybridized carbons (Fsp3) is 0.423. The van der Waals surface area contributed by atoms with Gasteiger partial charge in [-0.25, -0.2) is 0 Å². The van der Waals surface area contributed by atoms with Crippen molar-refractivity contribution >= 4 is 17.1 Å². The molecule has 32 heavy (non-hydrogen) atoms. The minimum atomic E-state index is 0.00993. The number of benzene rings is 1. The zero-order valence-corrected chi connectivity index (χ0v) is 18.6. The van der Waals surface area contributed by atoms with Gasteiger partial charge in [0.2, 0.25) is 0 Å². The van der Waals surface area contributed by atoms with E-state index in [1.807, 2.05) is 41.1 Å². The van der Waals surface area contributed by atoms with Crippen molar-refractivity contribution < 1.29 is 9.53 Å². The van der Waals surface area contributed by atoms with Crippen LogP contribution >= 0.6 is 0 Å². The Balaban J connectivity index is 1.03. The highest BCUT2D eigenvalue weighted by molar-refractivity contribution is 5.95. The van der Waals surface area contributed by atoms with Gasteiger partial charge in [0.25, 0.3) is 5.91 Å². The lowest BCUT2D eigenvalue weighted by atomic mass is 10.0. The highest BCUT2D eigenvalue weighted by atomic mass is 16.5. The smallest absolute Gasteiger partial charge is 0.252 e. The Bertz CT molecular complexity index is 1040. The number of hydrogen-bond donors (Lipinski definition) is 1. The first-order chi connectivity index (χ1) is 15.8. The van der Waals surface area contributed by atoms with Crippen LogP contribution in [0.15, 0.2) is 54.9 Å². The Morgan fingerprint density at radius 1 is 1.03 bits per heavy atom. The summed E-state index contributed by atoms with van der Waals surface area (Å²) in [5.41, 5.74) is 4.38. The molecule has 2 aliphatic heterocycles. The number of nitrogens with one attached hydrogen (secondary N) is 1. The molecule has 0 saturated carbocycles. The molecule has 3 aromatic rings. The maximum Gasteiger partial charge on any atom is 0.252 e. The number of anilines is 1. The molecule has 2 aliphatic rings. The molecule has 1 aromatic carbocycles. The van der Waals surface area contributed by atoms with E-state index in [2.05, 4.69) is 33.3 Å². The third-order valence-electron chi connectivity index (χ3n) is 6.58. The molecular weight excluding hydrogens is 400 g/mol. The lowest BCUT2D eigenvalue weighted by molar-refractivity contribution is 0.0952. The normalized spacial score (nSPS) is 16.6. The number of aromatic nitrogens is 1. The molecule has 0 aliphatic carbocycles. The molecule has 1 fully saturated rings. The predicted octanol–water partition coefficient (Wildman–Crippen LogP) is 3.60. The van der Waals surface area contributed by atoms with Crippen molar-refractivity contribution in [3.63, 3.8) is 0 Å². The van der Waals surface area contributed by atoms with E-state index in [1.165, 1.54) is 11.3 Å². The number of pyridine rings is 1. The molecule has 1 saturated heterocycles. The largest absolute Gasteiger partial charge is 0.491 e. The molecule has 0 unspecified atom stereocenters. The minimum Gasteiger partial charge on any atom is -0.491 e. The monoisotopic (exact) mass is 432 g/mol. The number of aryl methyl sites for hydroxylation is 1. The number of carbonyl (C=O) groups excluding carboxylic acids is 1. The van der Waals surface area contributed by atoms with Crippen LogP contribution in [-0.4, -0.2) is 61.1 Å². The van der Waals surface area contributed by atoms with E-state index < -0.39 is 0 Å². The second-order valence-electron chi connectivity index (χ2n) is 8.77. The lowest BCUT2D eigenvalue weighted by Crippen LogP contribution is -2.46. The van der Waals surface area contributed by atoms with E-state index in [0.717, 1.165) is 88.4 Å². The van der Waals surface area contributed by atoms with Crippen LogP contribution in [-0.2, 0) is 6.42 Å². The van der Waals surface area contributed by atoms with E-state index in [-0.39, 0.29) is 5.91 Å². The SMILES string of the molecule is O=C(NCCCCN1CCN(c2cccc3c2OCCC3)CC1)c1cc2ccccn2c1. The van der Waals surface area contributed by atoms with Gasteiger partial charge in [-0.15, -0.1) is 0 Å². The molecule has 5 rings (SSSR count). The third-order valence-corrected chi connectivity index (χ3v) is 6.58. The highest BCUT2D eigenvalue weighted by Gasteiger charge is 2.22. The summed E-state index contributed by atoms with van der Waals surface area (Å²) in [6.07, 6.45) is 8.19. The summed E-state index contributed by atoms with van der Waals surface area (Å²) in [5.74, 6) is 1.12. The van der Waals surface area contributed by atoms with Gasteiger partial charge in [0.05, 0.1) is 17.9 Å². The van der Waals surface area contributed by atoms with Gasteiger partial charge in [0, 0.05) is 50.6 Å². The Hall–Kier alpha value is -2.99. The van der Waals surface area contributed by atoms with E-state index in [4.69, 9.17) is 4.74 Å². The maximum atomic E-state index is 12.4. The zero-order valence-electron chi connectivity index (χ0n) is 18.6. The van der Waals surface area contributed by atoms with Crippen molar-refractivity contribution in [1.82, 2.24) is 14.6 Å². The van der Waals surface area contributed by atoms with Crippen molar-refractivity contribution in [1.29, 1.82) is 0 Å². The zero-order chi connectivity index (χ0) is 21.8. The average molecular weight is 433 g/mol. The number of para-hydroxylation sites is 1. The van der Waals surface area contributed by atoms with Crippen LogP contribution in [0.4, 0.5) is 5.69 Å². The van der Waals surface area contributed by atoms with Crippen LogP contribution in [0.2, 0.25) is 0 Å². The van der Waals surface area contributed by atoms with Crippen molar-refractivity contribution in [2.75, 3.05) is 50.8 Å². The summed E-state index contributed by atoms with van der Waals surface area (Å²) < 4.78 is 7.98. The molecule has 1 amide bonds. The van der Waals surface area contributed by atoms with Crippen molar-refractivity contribution in [2.45, 2.75) is 25.7 Å². The second-order valence-corrected chi connectivity index (χ2v) is 8.77. The van der Waals surface area contributed by atoms with Gasteiger partial charge in [0.1, 0.15) is 5.75 Å². The fourth-order valence-electron chi connectivity index (χ4n) is 4.78. The molecule has 1 N–H and O–H groups in total. The molecule has 0 atom stereocenters. The predicted molar refractivity (Wildman–Crippen MR) is 128 cm³/mol. The van der Waals surface area contributed by atoms with Gasteiger partial charge in [0.15, 0.2) is 0 Å². The summed E-state index contributed by atoms with van der Waals surface area (Å²) in [5, 5.41) is 3.06. The number of ether oxygens (including phenoxy) is 1. The second kappa shape index (κ2) is 9.65. The van der Waals surface area contributed by atoms with E-state index in [1.54, 1.807) is 0 Å². The number of nitrogens with zero attached hydrogens (tertiary/aromatic N) is 3. The molecule has 168 valence electrons. The average Bonchev–Trinajstić information content (AvgIpc) is 3.28. The van der Waals surface area contributed by atoms with Gasteiger partial charge in [-0.1, -0.05) is 18.2 Å². The number of fused-ring (bicyclic) bond motifs is 2. The molecule has 0 bridgehead atoms. The van der Waals surface area contributed by atoms with Crippen molar-refractivity contribution in [3.8, 4) is 5.75 Å². The van der Waals surface area contributed by atoms with Gasteiger partial charge >= 0.3 is 0 Å². The maximum absolute atomic E-state index is 12.4. The topological polar surface area (TPSA) is 49.2 Å². The number of amides is 1. The van der Waals surface area contributed by atoms with Crippen LogP contribution in [0.1, 0.15) is 35.2 Å². The first kappa shape index (κ1) is 20.9. The van der Waals surface area contributed by atoms with Gasteiger partial charge in [-0.2, -0.15) is 0 Å². The Kier molecular flexibility index (Phi) is 6.30. The quantitative estimate of drug-likeness (QED) is 0.580. The van der Waals surface area contributed by atoms with Gasteiger partial charge in [-0.05, 0) is 62.1 Å². The highest BCUT2D eigenvalue weighted by Crippen LogP contribution is 2.35. The molecule has 4 heterocycles. The van der Waals surface area contributed by atoms with Crippen molar-refractivity contribution in [3.05, 3.63) is 66.0 Å². The van der Waals surface area contributed by atoms with Gasteiger partial charge in [-0.3, -0.25) is 9.69 Å². The van der Waals surface area contributed by atoms with Gasteiger partial charge < -0.3 is 19.4 Å². The number of piperazine rings is 1.